The third-order valence-corrected chi connectivity index (χ3v) is 9.08. The molecule has 0 bridgehead atoms. The largest absolute Gasteiger partial charge is 0.455 e. The summed E-state index contributed by atoms with van der Waals surface area (Å²) in [6.07, 6.45) is 0. The molecule has 0 fully saturated rings. The lowest BCUT2D eigenvalue weighted by molar-refractivity contribution is 0.672. The quantitative estimate of drug-likeness (QED) is 0.182. The van der Waals surface area contributed by atoms with E-state index in [1.165, 1.54) is 0 Å². The van der Waals surface area contributed by atoms with Gasteiger partial charge < -0.3 is 4.42 Å². The van der Waals surface area contributed by atoms with E-state index in [0.717, 1.165) is 54.6 Å². The molecule has 0 aliphatic rings. The van der Waals surface area contributed by atoms with Crippen molar-refractivity contribution in [3.8, 4) is 33.4 Å². The van der Waals surface area contributed by atoms with Gasteiger partial charge in [-0.2, -0.15) is 0 Å². The van der Waals surface area contributed by atoms with Crippen molar-refractivity contribution in [1.82, 2.24) is 0 Å². The standard InChI is InChI=1S/C46H28O/c1-2-12-29(13-3-1)32-25-26-40(35-17-7-6-16-34(32)35)45-38-20-10-8-18-36(38)44(37-19-9-11-21-39(37)45)31-23-27-43-42(28-31)41-24-22-30-14-4-5-15-33(30)46(41)47-43/h1-28H/i1D,2D,3D,6D,7D,12D,13D,16D,17D,25D,26D. The van der Waals surface area contributed by atoms with Gasteiger partial charge in [0, 0.05) is 16.2 Å². The van der Waals surface area contributed by atoms with Crippen LogP contribution in [0.4, 0.5) is 0 Å². The van der Waals surface area contributed by atoms with Crippen LogP contribution in [0.3, 0.4) is 0 Å². The molecule has 9 aromatic carbocycles. The van der Waals surface area contributed by atoms with Crippen molar-refractivity contribution < 1.29 is 19.5 Å². The first-order valence-electron chi connectivity index (χ1n) is 20.8. The van der Waals surface area contributed by atoms with Crippen LogP contribution in [0.1, 0.15) is 15.1 Å². The molecule has 0 unspecified atom stereocenters. The molecule has 0 aliphatic heterocycles. The number of rotatable bonds is 3. The van der Waals surface area contributed by atoms with Crippen molar-refractivity contribution in [1.29, 1.82) is 0 Å². The normalized spacial score (nSPS) is 15.1. The van der Waals surface area contributed by atoms with E-state index in [4.69, 9.17) is 15.4 Å². The minimum atomic E-state index is -0.664. The van der Waals surface area contributed by atoms with Crippen LogP contribution >= 0.6 is 0 Å². The zero-order chi connectivity index (χ0) is 40.5. The van der Waals surface area contributed by atoms with Crippen LogP contribution in [0.25, 0.3) is 98.4 Å². The van der Waals surface area contributed by atoms with E-state index in [9.17, 15) is 4.11 Å². The third kappa shape index (κ3) is 3.90. The van der Waals surface area contributed by atoms with Crippen molar-refractivity contribution >= 4 is 65.0 Å². The number of hydrogen-bond donors (Lipinski definition) is 0. The molecule has 218 valence electrons. The Morgan fingerprint density at radius 1 is 0.383 bits per heavy atom. The summed E-state index contributed by atoms with van der Waals surface area (Å²) in [5, 5.41) is 6.62. The van der Waals surface area contributed by atoms with Gasteiger partial charge in [0.15, 0.2) is 0 Å². The highest BCUT2D eigenvalue weighted by Gasteiger charge is 2.20. The van der Waals surface area contributed by atoms with Gasteiger partial charge in [0.05, 0.1) is 15.1 Å². The molecule has 0 N–H and O–H groups in total. The predicted octanol–water partition coefficient (Wildman–Crippen LogP) is 13.2. The van der Waals surface area contributed by atoms with E-state index >= 15 is 0 Å². The number of furan rings is 1. The van der Waals surface area contributed by atoms with Crippen LogP contribution in [0.15, 0.2) is 174 Å². The van der Waals surface area contributed by atoms with E-state index in [2.05, 4.69) is 24.3 Å². The Morgan fingerprint density at radius 3 is 1.70 bits per heavy atom. The zero-order valence-electron chi connectivity index (χ0n) is 35.7. The minimum absolute atomic E-state index is 0.0743. The second-order valence-corrected chi connectivity index (χ2v) is 11.6. The first-order valence-corrected chi connectivity index (χ1v) is 15.3. The smallest absolute Gasteiger partial charge is 0.143 e. The van der Waals surface area contributed by atoms with E-state index in [0.29, 0.717) is 16.3 Å². The third-order valence-electron chi connectivity index (χ3n) is 9.08. The van der Waals surface area contributed by atoms with Crippen LogP contribution in [-0.2, 0) is 0 Å². The molecule has 1 heterocycles. The Hall–Kier alpha value is -6.18. The van der Waals surface area contributed by atoms with Crippen LogP contribution in [-0.4, -0.2) is 0 Å². The second-order valence-electron chi connectivity index (χ2n) is 11.6. The Morgan fingerprint density at radius 2 is 0.979 bits per heavy atom. The fraction of sp³-hybridized carbons (Fsp3) is 0. The maximum atomic E-state index is 9.66. The van der Waals surface area contributed by atoms with Gasteiger partial charge in [0.1, 0.15) is 11.2 Å². The molecular weight excluding hydrogens is 569 g/mol. The van der Waals surface area contributed by atoms with Crippen LogP contribution in [0.2, 0.25) is 0 Å². The molecule has 1 heteroatoms. The summed E-state index contributed by atoms with van der Waals surface area (Å²) in [5.74, 6) is 0. The molecule has 0 radical (unpaired) electrons. The lowest BCUT2D eigenvalue weighted by atomic mass is 9.83. The van der Waals surface area contributed by atoms with Crippen molar-refractivity contribution in [3.63, 3.8) is 0 Å². The molecule has 47 heavy (non-hydrogen) atoms. The average Bonchev–Trinajstić information content (AvgIpc) is 3.62. The van der Waals surface area contributed by atoms with Crippen molar-refractivity contribution in [2.24, 2.45) is 0 Å². The molecule has 10 aromatic rings. The van der Waals surface area contributed by atoms with Crippen molar-refractivity contribution in [2.45, 2.75) is 0 Å². The van der Waals surface area contributed by atoms with Crippen LogP contribution in [0, 0.1) is 0 Å². The Balaban J connectivity index is 1.35. The fourth-order valence-corrected chi connectivity index (χ4v) is 7.06. The molecule has 0 saturated carbocycles. The summed E-state index contributed by atoms with van der Waals surface area (Å²) in [4.78, 5) is 0. The molecular formula is C46H28O. The molecule has 0 amide bonds. The summed E-state index contributed by atoms with van der Waals surface area (Å²) in [5.41, 5.74) is 3.14. The van der Waals surface area contributed by atoms with Crippen molar-refractivity contribution in [3.05, 3.63) is 170 Å². The van der Waals surface area contributed by atoms with Gasteiger partial charge in [0.2, 0.25) is 0 Å². The van der Waals surface area contributed by atoms with Gasteiger partial charge in [-0.15, -0.1) is 0 Å². The highest BCUT2D eigenvalue weighted by molar-refractivity contribution is 6.25. The molecule has 10 rings (SSSR count). The SMILES string of the molecule is [2H]c1c([2H])c([2H])c(-c2c([2H])c([2H])c(-c3c4ccccc4c(-c4ccc5oc6c7ccccc7ccc6c5c4)c4ccccc34)c3c([2H])c([2H])c([2H])c([2H])c23)c([2H])c1[2H]. The molecule has 0 atom stereocenters. The molecule has 1 aromatic heterocycles. The number of benzene rings is 9. The maximum absolute atomic E-state index is 9.66. The summed E-state index contributed by atoms with van der Waals surface area (Å²) >= 11 is 0. The minimum Gasteiger partial charge on any atom is -0.455 e. The van der Waals surface area contributed by atoms with Gasteiger partial charge >= 0.3 is 0 Å². The second kappa shape index (κ2) is 10.2. The topological polar surface area (TPSA) is 13.1 Å². The Kier molecular flexibility index (Phi) is 3.79. The molecule has 1 nitrogen and oxygen atoms in total. The lowest BCUT2D eigenvalue weighted by Crippen LogP contribution is -1.92. The van der Waals surface area contributed by atoms with Crippen LogP contribution < -0.4 is 0 Å². The van der Waals surface area contributed by atoms with Gasteiger partial charge in [-0.25, -0.2) is 0 Å². The van der Waals surface area contributed by atoms with E-state index in [1.54, 1.807) is 0 Å². The van der Waals surface area contributed by atoms with E-state index < -0.39 is 72.0 Å². The Labute approximate surface area is 287 Å². The number of fused-ring (bicyclic) bond motifs is 8. The van der Waals surface area contributed by atoms with Gasteiger partial charge in [-0.1, -0.05) is 151 Å². The molecule has 0 spiro atoms. The van der Waals surface area contributed by atoms with Crippen LogP contribution in [0.5, 0.6) is 0 Å². The number of hydrogen-bond acceptors (Lipinski definition) is 1. The average molecular weight is 608 g/mol. The van der Waals surface area contributed by atoms with Gasteiger partial charge in [0.25, 0.3) is 0 Å². The van der Waals surface area contributed by atoms with Gasteiger partial charge in [-0.05, 0) is 89.3 Å². The van der Waals surface area contributed by atoms with Crippen molar-refractivity contribution in [2.75, 3.05) is 0 Å². The predicted molar refractivity (Wildman–Crippen MR) is 200 cm³/mol. The summed E-state index contributed by atoms with van der Waals surface area (Å²) in [6, 6.07) is 27.2. The maximum Gasteiger partial charge on any atom is 0.143 e. The lowest BCUT2D eigenvalue weighted by Gasteiger charge is -2.19. The monoisotopic (exact) mass is 607 g/mol. The van der Waals surface area contributed by atoms with E-state index in [-0.39, 0.29) is 21.9 Å². The Bertz CT molecular complexity index is 3390. The first kappa shape index (κ1) is 17.5. The summed E-state index contributed by atoms with van der Waals surface area (Å²) in [7, 11) is 0. The first-order chi connectivity index (χ1) is 27.9. The molecule has 0 aliphatic carbocycles. The fourth-order valence-electron chi connectivity index (χ4n) is 7.06. The van der Waals surface area contributed by atoms with E-state index in [1.807, 2.05) is 78.9 Å². The molecule has 0 saturated heterocycles. The van der Waals surface area contributed by atoms with Gasteiger partial charge in [-0.3, -0.25) is 0 Å². The summed E-state index contributed by atoms with van der Waals surface area (Å²) in [6.45, 7) is 0. The highest BCUT2D eigenvalue weighted by atomic mass is 16.3. The zero-order valence-corrected chi connectivity index (χ0v) is 24.7. The summed E-state index contributed by atoms with van der Waals surface area (Å²) < 4.78 is 104. The highest BCUT2D eigenvalue weighted by Crippen LogP contribution is 2.47.